The lowest BCUT2D eigenvalue weighted by atomic mass is 9.95. The van der Waals surface area contributed by atoms with Crippen molar-refractivity contribution in [2.45, 2.75) is 19.3 Å². The number of pyridine rings is 1. The number of nitrogens with zero attached hydrogens (tertiary/aromatic N) is 5. The standard InChI is InChI=1S/C19H21N5OS/c1-12-20-9-6-15(22-12)24-10-7-13(11-24)16-14-5-4-8-21-18(14)26-17(16)19(25)23(2)3/h4-6,8-9,13H,7,10-11H2,1-3H3. The molecule has 1 fully saturated rings. The molecular formula is C19H21N5OS. The van der Waals surface area contributed by atoms with Crippen LogP contribution in [-0.4, -0.2) is 52.9 Å². The minimum absolute atomic E-state index is 0.0549. The van der Waals surface area contributed by atoms with E-state index in [2.05, 4.69) is 25.9 Å². The number of hydrogen-bond acceptors (Lipinski definition) is 6. The van der Waals surface area contributed by atoms with Gasteiger partial charge in [-0.25, -0.2) is 15.0 Å². The molecule has 4 rings (SSSR count). The molecular weight excluding hydrogens is 346 g/mol. The molecule has 6 nitrogen and oxygen atoms in total. The molecule has 1 aliphatic rings. The summed E-state index contributed by atoms with van der Waals surface area (Å²) >= 11 is 1.50. The van der Waals surface area contributed by atoms with Crippen LogP contribution >= 0.6 is 11.3 Å². The van der Waals surface area contributed by atoms with Crippen LogP contribution < -0.4 is 4.90 Å². The molecule has 7 heteroatoms. The third-order valence-electron chi connectivity index (χ3n) is 4.79. The Bertz CT molecular complexity index is 967. The Kier molecular flexibility index (Phi) is 4.32. The molecule has 0 N–H and O–H groups in total. The molecule has 1 amide bonds. The normalized spacial score (nSPS) is 17.0. The summed E-state index contributed by atoms with van der Waals surface area (Å²) in [4.78, 5) is 31.6. The summed E-state index contributed by atoms with van der Waals surface area (Å²) in [5.74, 6) is 2.08. The largest absolute Gasteiger partial charge is 0.356 e. The molecule has 1 unspecified atom stereocenters. The van der Waals surface area contributed by atoms with Gasteiger partial charge in [0, 0.05) is 50.9 Å². The smallest absolute Gasteiger partial charge is 0.263 e. The van der Waals surface area contributed by atoms with Crippen molar-refractivity contribution < 1.29 is 4.79 Å². The number of anilines is 1. The van der Waals surface area contributed by atoms with Crippen LogP contribution in [0.25, 0.3) is 10.2 Å². The monoisotopic (exact) mass is 367 g/mol. The van der Waals surface area contributed by atoms with E-state index in [4.69, 9.17) is 0 Å². The maximum Gasteiger partial charge on any atom is 0.263 e. The van der Waals surface area contributed by atoms with Gasteiger partial charge in [-0.3, -0.25) is 4.79 Å². The SMILES string of the molecule is Cc1nccc(N2CCC(c3c(C(=O)N(C)C)sc4ncccc34)C2)n1. The van der Waals surface area contributed by atoms with Crippen LogP contribution in [0.15, 0.2) is 30.6 Å². The van der Waals surface area contributed by atoms with Crippen LogP contribution in [0.4, 0.5) is 5.82 Å². The van der Waals surface area contributed by atoms with E-state index in [1.165, 1.54) is 11.3 Å². The summed E-state index contributed by atoms with van der Waals surface area (Å²) in [5, 5.41) is 1.11. The van der Waals surface area contributed by atoms with Gasteiger partial charge >= 0.3 is 0 Å². The topological polar surface area (TPSA) is 62.2 Å². The zero-order valence-electron chi connectivity index (χ0n) is 15.1. The average molecular weight is 367 g/mol. The van der Waals surface area contributed by atoms with Gasteiger partial charge in [0.25, 0.3) is 5.91 Å². The van der Waals surface area contributed by atoms with E-state index in [0.717, 1.165) is 51.8 Å². The van der Waals surface area contributed by atoms with Crippen LogP contribution in [0.3, 0.4) is 0 Å². The lowest BCUT2D eigenvalue weighted by molar-refractivity contribution is 0.0831. The predicted octanol–water partition coefficient (Wildman–Crippen LogP) is 3.09. The molecule has 1 aliphatic heterocycles. The fraction of sp³-hybridized carbons (Fsp3) is 0.368. The molecule has 0 bridgehead atoms. The number of amides is 1. The minimum atomic E-state index is 0.0549. The number of aromatic nitrogens is 3. The Hall–Kier alpha value is -2.54. The highest BCUT2D eigenvalue weighted by Crippen LogP contribution is 2.40. The molecule has 3 aromatic heterocycles. The zero-order valence-corrected chi connectivity index (χ0v) is 16.0. The van der Waals surface area contributed by atoms with E-state index in [0.29, 0.717) is 5.92 Å². The van der Waals surface area contributed by atoms with Gasteiger partial charge < -0.3 is 9.80 Å². The fourth-order valence-corrected chi connectivity index (χ4v) is 4.79. The summed E-state index contributed by atoms with van der Waals surface area (Å²) in [5.41, 5.74) is 1.14. The van der Waals surface area contributed by atoms with Crippen LogP contribution in [0.1, 0.15) is 33.4 Å². The fourth-order valence-electron chi connectivity index (χ4n) is 3.54. The third kappa shape index (κ3) is 2.92. The van der Waals surface area contributed by atoms with E-state index in [-0.39, 0.29) is 5.91 Å². The molecule has 0 aliphatic carbocycles. The molecule has 26 heavy (non-hydrogen) atoms. The average Bonchev–Trinajstić information content (AvgIpc) is 3.25. The van der Waals surface area contributed by atoms with Gasteiger partial charge in [-0.15, -0.1) is 11.3 Å². The Morgan fingerprint density at radius 2 is 2.12 bits per heavy atom. The molecule has 4 heterocycles. The van der Waals surface area contributed by atoms with Crippen molar-refractivity contribution in [1.82, 2.24) is 19.9 Å². The highest BCUT2D eigenvalue weighted by Gasteiger charge is 2.32. The molecule has 0 aromatic carbocycles. The van der Waals surface area contributed by atoms with Crippen LogP contribution in [0.5, 0.6) is 0 Å². The van der Waals surface area contributed by atoms with Gasteiger partial charge in [-0.05, 0) is 31.0 Å². The molecule has 1 atom stereocenters. The van der Waals surface area contributed by atoms with Gasteiger partial charge in [-0.2, -0.15) is 0 Å². The van der Waals surface area contributed by atoms with Crippen molar-refractivity contribution in [2.24, 2.45) is 0 Å². The van der Waals surface area contributed by atoms with Gasteiger partial charge in [0.2, 0.25) is 0 Å². The first-order valence-corrected chi connectivity index (χ1v) is 9.50. The Morgan fingerprint density at radius 1 is 1.27 bits per heavy atom. The Balaban J connectivity index is 1.72. The van der Waals surface area contributed by atoms with Crippen molar-refractivity contribution in [3.05, 3.63) is 46.9 Å². The molecule has 0 radical (unpaired) electrons. The number of rotatable bonds is 3. The highest BCUT2D eigenvalue weighted by molar-refractivity contribution is 7.20. The van der Waals surface area contributed by atoms with Crippen LogP contribution in [-0.2, 0) is 0 Å². The quantitative estimate of drug-likeness (QED) is 0.712. The maximum absolute atomic E-state index is 12.8. The first-order valence-electron chi connectivity index (χ1n) is 8.68. The summed E-state index contributed by atoms with van der Waals surface area (Å²) < 4.78 is 0. The van der Waals surface area contributed by atoms with Crippen molar-refractivity contribution in [3.63, 3.8) is 0 Å². The third-order valence-corrected chi connectivity index (χ3v) is 5.90. The summed E-state index contributed by atoms with van der Waals surface area (Å²) in [6, 6.07) is 5.98. The summed E-state index contributed by atoms with van der Waals surface area (Å²) in [6.45, 7) is 3.68. The number of thiophene rings is 1. The van der Waals surface area contributed by atoms with Gasteiger partial charge in [0.15, 0.2) is 0 Å². The number of aryl methyl sites for hydroxylation is 1. The van der Waals surface area contributed by atoms with E-state index in [1.807, 2.05) is 19.1 Å². The lowest BCUT2D eigenvalue weighted by Crippen LogP contribution is -2.23. The van der Waals surface area contributed by atoms with Crippen molar-refractivity contribution in [1.29, 1.82) is 0 Å². The second-order valence-corrected chi connectivity index (χ2v) is 7.79. The number of fused-ring (bicyclic) bond motifs is 1. The Morgan fingerprint density at radius 3 is 2.88 bits per heavy atom. The van der Waals surface area contributed by atoms with E-state index >= 15 is 0 Å². The van der Waals surface area contributed by atoms with Gasteiger partial charge in [0.05, 0.1) is 4.88 Å². The van der Waals surface area contributed by atoms with Crippen LogP contribution in [0, 0.1) is 6.92 Å². The van der Waals surface area contributed by atoms with E-state index in [9.17, 15) is 4.79 Å². The van der Waals surface area contributed by atoms with Crippen molar-refractivity contribution in [3.8, 4) is 0 Å². The lowest BCUT2D eigenvalue weighted by Gasteiger charge is -2.18. The first-order chi connectivity index (χ1) is 12.5. The first kappa shape index (κ1) is 16.9. The van der Waals surface area contributed by atoms with E-state index in [1.54, 1.807) is 31.4 Å². The molecule has 0 saturated carbocycles. The molecule has 0 spiro atoms. The van der Waals surface area contributed by atoms with Crippen molar-refractivity contribution in [2.75, 3.05) is 32.1 Å². The van der Waals surface area contributed by atoms with Crippen LogP contribution in [0.2, 0.25) is 0 Å². The summed E-state index contributed by atoms with van der Waals surface area (Å²) in [7, 11) is 3.60. The Labute approximate surface area is 156 Å². The zero-order chi connectivity index (χ0) is 18.3. The second-order valence-electron chi connectivity index (χ2n) is 6.79. The van der Waals surface area contributed by atoms with E-state index < -0.39 is 0 Å². The highest BCUT2D eigenvalue weighted by atomic mass is 32.1. The van der Waals surface area contributed by atoms with Gasteiger partial charge in [-0.1, -0.05) is 6.07 Å². The molecule has 134 valence electrons. The number of carbonyl (C=O) groups excluding carboxylic acids is 1. The second kappa shape index (κ2) is 6.64. The van der Waals surface area contributed by atoms with Crippen molar-refractivity contribution >= 4 is 33.3 Å². The number of carbonyl (C=O) groups is 1. The predicted molar refractivity (Wildman–Crippen MR) is 104 cm³/mol. The van der Waals surface area contributed by atoms with Gasteiger partial charge in [0.1, 0.15) is 16.5 Å². The molecule has 1 saturated heterocycles. The molecule has 3 aromatic rings. The number of hydrogen-bond donors (Lipinski definition) is 0. The summed E-state index contributed by atoms with van der Waals surface area (Å²) in [6.07, 6.45) is 4.59. The minimum Gasteiger partial charge on any atom is -0.356 e. The maximum atomic E-state index is 12.8.